The minimum absolute atomic E-state index is 0.200. The minimum Gasteiger partial charge on any atom is -0.266 e. The van der Waals surface area contributed by atoms with Crippen LogP contribution < -0.4 is 4.72 Å². The second-order valence-electron chi connectivity index (χ2n) is 1.92. The first kappa shape index (κ1) is 7.93. The van der Waals surface area contributed by atoms with Crippen molar-refractivity contribution in [2.24, 2.45) is 0 Å². The highest BCUT2D eigenvalue weighted by Crippen LogP contribution is 1.98. The van der Waals surface area contributed by atoms with Gasteiger partial charge >= 0.3 is 0 Å². The highest BCUT2D eigenvalue weighted by molar-refractivity contribution is 7.92. The number of anilines is 1. The van der Waals surface area contributed by atoms with Gasteiger partial charge in [0.25, 0.3) is 0 Å². The van der Waals surface area contributed by atoms with Gasteiger partial charge in [-0.1, -0.05) is 0 Å². The van der Waals surface area contributed by atoms with E-state index in [-0.39, 0.29) is 5.82 Å². The second-order valence-corrected chi connectivity index (χ2v) is 3.67. The molecule has 0 bridgehead atoms. The smallest absolute Gasteiger partial charge is 0.231 e. The first-order valence-electron chi connectivity index (χ1n) is 2.75. The molecule has 0 aliphatic rings. The zero-order valence-corrected chi connectivity index (χ0v) is 6.59. The van der Waals surface area contributed by atoms with Crippen molar-refractivity contribution < 1.29 is 8.42 Å². The maximum Gasteiger partial charge on any atom is 0.231 e. The average Bonchev–Trinajstić information content (AvgIpc) is 1.85. The highest BCUT2D eigenvalue weighted by Gasteiger charge is 2.00. The Morgan fingerprint density at radius 1 is 1.64 bits per heavy atom. The number of nitrogens with one attached hydrogen (secondary N) is 1. The summed E-state index contributed by atoms with van der Waals surface area (Å²) in [7, 11) is -3.24. The monoisotopic (exact) mass is 172 g/mol. The predicted molar refractivity (Wildman–Crippen MR) is 39.3 cm³/mol. The largest absolute Gasteiger partial charge is 0.266 e. The number of hydrogen-bond donors (Lipinski definition) is 1. The molecule has 0 atom stereocenters. The molecule has 1 heterocycles. The van der Waals surface area contributed by atoms with Gasteiger partial charge in [0.05, 0.1) is 6.26 Å². The van der Waals surface area contributed by atoms with E-state index in [0.29, 0.717) is 0 Å². The van der Waals surface area contributed by atoms with E-state index in [2.05, 4.69) is 21.1 Å². The van der Waals surface area contributed by atoms with Crippen LogP contribution in [0.5, 0.6) is 0 Å². The summed E-state index contributed by atoms with van der Waals surface area (Å²) in [6.07, 6.45) is 3.47. The van der Waals surface area contributed by atoms with E-state index in [1.807, 2.05) is 0 Å². The molecular formula is C5H6N3O2S. The molecule has 0 aliphatic carbocycles. The van der Waals surface area contributed by atoms with Crippen LogP contribution in [0.25, 0.3) is 0 Å². The Labute approximate surface area is 64.5 Å². The normalized spacial score (nSPS) is 11.0. The first-order chi connectivity index (χ1) is 5.08. The van der Waals surface area contributed by atoms with Crippen LogP contribution in [-0.4, -0.2) is 24.9 Å². The first-order valence-corrected chi connectivity index (χ1v) is 4.65. The molecule has 59 valence electrons. The van der Waals surface area contributed by atoms with Gasteiger partial charge in [0.2, 0.25) is 10.0 Å². The van der Waals surface area contributed by atoms with Crippen molar-refractivity contribution in [1.29, 1.82) is 0 Å². The van der Waals surface area contributed by atoms with Crippen LogP contribution >= 0.6 is 0 Å². The summed E-state index contributed by atoms with van der Waals surface area (Å²) < 4.78 is 23.4. The fourth-order valence-electron chi connectivity index (χ4n) is 0.510. The Hall–Kier alpha value is -1.17. The average molecular weight is 172 g/mol. The van der Waals surface area contributed by atoms with Gasteiger partial charge in [0, 0.05) is 0 Å². The van der Waals surface area contributed by atoms with Crippen molar-refractivity contribution >= 4 is 15.8 Å². The summed E-state index contributed by atoms with van der Waals surface area (Å²) in [4.78, 5) is 0. The fraction of sp³-hybridized carbons (Fsp3) is 0.200. The Kier molecular flexibility index (Phi) is 2.04. The lowest BCUT2D eigenvalue weighted by molar-refractivity contribution is 0.606. The number of hydrogen-bond acceptors (Lipinski definition) is 4. The lowest BCUT2D eigenvalue weighted by Crippen LogP contribution is -2.10. The van der Waals surface area contributed by atoms with Crippen LogP contribution in [0.4, 0.5) is 5.82 Å². The van der Waals surface area contributed by atoms with Crippen LogP contribution in [0.15, 0.2) is 12.1 Å². The molecule has 11 heavy (non-hydrogen) atoms. The molecule has 1 radical (unpaired) electrons. The Balaban J connectivity index is 2.82. The van der Waals surface area contributed by atoms with Gasteiger partial charge in [-0.3, -0.25) is 4.72 Å². The van der Waals surface area contributed by atoms with Gasteiger partial charge in [-0.25, -0.2) is 8.42 Å². The van der Waals surface area contributed by atoms with Crippen LogP contribution in [0.3, 0.4) is 0 Å². The van der Waals surface area contributed by atoms with E-state index in [4.69, 9.17) is 0 Å². The zero-order valence-electron chi connectivity index (χ0n) is 5.77. The molecule has 1 N–H and O–H groups in total. The summed E-state index contributed by atoms with van der Waals surface area (Å²) in [6.45, 7) is 0. The van der Waals surface area contributed by atoms with Gasteiger partial charge in [-0.05, 0) is 12.1 Å². The SMILES string of the molecule is CS(=O)(=O)Nc1cc[c]nn1. The maximum absolute atomic E-state index is 10.6. The topological polar surface area (TPSA) is 72.0 Å². The number of aromatic nitrogens is 2. The predicted octanol–water partition coefficient (Wildman–Crippen LogP) is -0.352. The van der Waals surface area contributed by atoms with E-state index in [1.54, 1.807) is 0 Å². The summed E-state index contributed by atoms with van der Waals surface area (Å²) in [5, 5.41) is 6.84. The summed E-state index contributed by atoms with van der Waals surface area (Å²) in [5.41, 5.74) is 0. The van der Waals surface area contributed by atoms with Crippen molar-refractivity contribution in [1.82, 2.24) is 10.2 Å². The van der Waals surface area contributed by atoms with E-state index < -0.39 is 10.0 Å². The summed E-state index contributed by atoms with van der Waals surface area (Å²) >= 11 is 0. The molecule has 5 nitrogen and oxygen atoms in total. The van der Waals surface area contributed by atoms with Crippen LogP contribution in [-0.2, 0) is 10.0 Å². The van der Waals surface area contributed by atoms with Crippen LogP contribution in [0.2, 0.25) is 0 Å². The van der Waals surface area contributed by atoms with Crippen molar-refractivity contribution in [3.8, 4) is 0 Å². The fourth-order valence-corrected chi connectivity index (χ4v) is 0.999. The molecule has 1 aromatic rings. The number of rotatable bonds is 2. The Morgan fingerprint density at radius 2 is 2.36 bits per heavy atom. The molecule has 0 spiro atoms. The molecular weight excluding hydrogens is 166 g/mol. The molecule has 0 saturated heterocycles. The lowest BCUT2D eigenvalue weighted by atomic mass is 10.6. The summed E-state index contributed by atoms with van der Waals surface area (Å²) in [5.74, 6) is 0.200. The third-order valence-corrected chi connectivity index (χ3v) is 1.40. The quantitative estimate of drug-likeness (QED) is 0.661. The van der Waals surface area contributed by atoms with Gasteiger partial charge in [-0.15, -0.1) is 10.2 Å². The molecule has 6 heteroatoms. The van der Waals surface area contributed by atoms with Crippen molar-refractivity contribution in [3.63, 3.8) is 0 Å². The van der Waals surface area contributed by atoms with E-state index in [1.165, 1.54) is 12.1 Å². The van der Waals surface area contributed by atoms with Gasteiger partial charge in [0.15, 0.2) is 5.82 Å². The maximum atomic E-state index is 10.6. The van der Waals surface area contributed by atoms with Gasteiger partial charge in [0.1, 0.15) is 6.20 Å². The van der Waals surface area contributed by atoms with E-state index in [0.717, 1.165) is 6.26 Å². The number of sulfonamides is 1. The summed E-state index contributed by atoms with van der Waals surface area (Å²) in [6, 6.07) is 2.94. The molecule has 0 saturated carbocycles. The molecule has 0 aliphatic heterocycles. The van der Waals surface area contributed by atoms with Crippen molar-refractivity contribution in [3.05, 3.63) is 18.3 Å². The third kappa shape index (κ3) is 2.94. The van der Waals surface area contributed by atoms with Crippen molar-refractivity contribution in [2.75, 3.05) is 11.0 Å². The third-order valence-electron chi connectivity index (χ3n) is 0.821. The second kappa shape index (κ2) is 2.83. The van der Waals surface area contributed by atoms with Crippen LogP contribution in [0.1, 0.15) is 0 Å². The molecule has 0 unspecified atom stereocenters. The Bertz CT molecular complexity index is 321. The highest BCUT2D eigenvalue weighted by atomic mass is 32.2. The molecule has 0 amide bonds. The number of nitrogens with zero attached hydrogens (tertiary/aromatic N) is 2. The molecule has 1 aromatic heterocycles. The molecule has 1 rings (SSSR count). The minimum atomic E-state index is -3.24. The van der Waals surface area contributed by atoms with E-state index in [9.17, 15) is 8.42 Å². The standard InChI is InChI=1S/C5H6N3O2S/c1-11(9,10)8-5-3-2-4-6-7-5/h2-3H,1H3,(H,7,8). The van der Waals surface area contributed by atoms with Gasteiger partial charge < -0.3 is 0 Å². The van der Waals surface area contributed by atoms with Gasteiger partial charge in [-0.2, -0.15) is 0 Å². The molecule has 0 fully saturated rings. The Morgan fingerprint density at radius 3 is 2.82 bits per heavy atom. The van der Waals surface area contributed by atoms with Crippen molar-refractivity contribution in [2.45, 2.75) is 0 Å². The lowest BCUT2D eigenvalue weighted by Gasteiger charge is -1.98. The van der Waals surface area contributed by atoms with Crippen LogP contribution in [0, 0.1) is 6.20 Å². The zero-order chi connectivity index (χ0) is 8.32. The van der Waals surface area contributed by atoms with E-state index >= 15 is 0 Å². The molecule has 0 aromatic carbocycles.